The number of halogens is 2. The molecule has 158 valence electrons. The lowest BCUT2D eigenvalue weighted by molar-refractivity contribution is -0.113. The first-order chi connectivity index (χ1) is 15.0. The molecule has 0 bridgehead atoms. The van der Waals surface area contributed by atoms with Crippen molar-refractivity contribution in [1.29, 1.82) is 0 Å². The molecule has 31 heavy (non-hydrogen) atoms. The van der Waals surface area contributed by atoms with Gasteiger partial charge in [0.05, 0.1) is 16.3 Å². The van der Waals surface area contributed by atoms with Gasteiger partial charge in [-0.1, -0.05) is 41.0 Å². The number of fused-ring (bicyclic) bond motifs is 1. The molecule has 0 saturated heterocycles. The zero-order chi connectivity index (χ0) is 21.8. The fourth-order valence-electron chi connectivity index (χ4n) is 2.68. The number of thioether (sulfide) groups is 1. The molecule has 0 fully saturated rings. The molecule has 1 aliphatic heterocycles. The molecular formula is C21H14Cl2N2O5S. The number of benzene rings is 2. The molecule has 7 nitrogen and oxygen atoms in total. The van der Waals surface area contributed by atoms with Crippen LogP contribution in [0.4, 0.5) is 5.69 Å². The van der Waals surface area contributed by atoms with E-state index >= 15 is 0 Å². The number of nitrogens with one attached hydrogen (secondary N) is 1. The van der Waals surface area contributed by atoms with Crippen molar-refractivity contribution in [2.24, 2.45) is 0 Å². The second-order valence-electron chi connectivity index (χ2n) is 6.20. The number of nitrogens with zero attached hydrogens (tertiary/aromatic N) is 1. The molecule has 3 aromatic rings. The maximum Gasteiger partial charge on any atom is 0.346 e. The smallest absolute Gasteiger partial charge is 0.346 e. The van der Waals surface area contributed by atoms with E-state index < -0.39 is 5.97 Å². The number of pyridine rings is 1. The van der Waals surface area contributed by atoms with Crippen LogP contribution in [0.5, 0.6) is 17.2 Å². The Morgan fingerprint density at radius 1 is 1.10 bits per heavy atom. The average Bonchev–Trinajstić information content (AvgIpc) is 3.23. The second-order valence-corrected chi connectivity index (χ2v) is 7.95. The first-order valence-corrected chi connectivity index (χ1v) is 10.7. The third-order valence-corrected chi connectivity index (χ3v) is 5.91. The molecule has 0 radical (unpaired) electrons. The van der Waals surface area contributed by atoms with Gasteiger partial charge in [0.2, 0.25) is 12.7 Å². The molecule has 0 atom stereocenters. The van der Waals surface area contributed by atoms with Gasteiger partial charge < -0.3 is 19.5 Å². The van der Waals surface area contributed by atoms with Crippen molar-refractivity contribution in [1.82, 2.24) is 4.98 Å². The van der Waals surface area contributed by atoms with E-state index in [1.165, 1.54) is 12.3 Å². The van der Waals surface area contributed by atoms with Gasteiger partial charge in [-0.2, -0.15) is 0 Å². The SMILES string of the molecule is O=C(CSc1ncccc1C(=O)Oc1cccc(Cl)c1Cl)Nc1ccc2c(c1)OCO2. The molecule has 10 heteroatoms. The van der Waals surface area contributed by atoms with Crippen LogP contribution in [-0.4, -0.2) is 29.4 Å². The minimum Gasteiger partial charge on any atom is -0.454 e. The molecule has 4 rings (SSSR count). The maximum atomic E-state index is 12.6. The van der Waals surface area contributed by atoms with Gasteiger partial charge in [0.15, 0.2) is 17.2 Å². The van der Waals surface area contributed by atoms with Crippen molar-refractivity contribution >= 4 is 52.5 Å². The van der Waals surface area contributed by atoms with Crippen LogP contribution < -0.4 is 19.5 Å². The third-order valence-electron chi connectivity index (χ3n) is 4.11. The van der Waals surface area contributed by atoms with E-state index in [1.54, 1.807) is 42.5 Å². The van der Waals surface area contributed by atoms with Gasteiger partial charge in [-0.15, -0.1) is 0 Å². The number of ether oxygens (including phenoxy) is 3. The third kappa shape index (κ3) is 5.04. The van der Waals surface area contributed by atoms with E-state index in [2.05, 4.69) is 10.3 Å². The molecule has 0 spiro atoms. The number of esters is 1. The van der Waals surface area contributed by atoms with E-state index in [9.17, 15) is 9.59 Å². The highest BCUT2D eigenvalue weighted by Gasteiger charge is 2.19. The van der Waals surface area contributed by atoms with Crippen molar-refractivity contribution in [3.05, 3.63) is 70.3 Å². The van der Waals surface area contributed by atoms with Crippen molar-refractivity contribution in [2.45, 2.75) is 5.03 Å². The van der Waals surface area contributed by atoms with Crippen LogP contribution in [0, 0.1) is 0 Å². The van der Waals surface area contributed by atoms with E-state index in [4.69, 9.17) is 37.4 Å². The van der Waals surface area contributed by atoms with Crippen molar-refractivity contribution in [3.63, 3.8) is 0 Å². The molecule has 0 unspecified atom stereocenters. The Labute approximate surface area is 191 Å². The Hall–Kier alpha value is -2.94. The minimum absolute atomic E-state index is 0.0314. The van der Waals surface area contributed by atoms with Crippen molar-refractivity contribution in [3.8, 4) is 17.2 Å². The lowest BCUT2D eigenvalue weighted by Gasteiger charge is -2.10. The van der Waals surface area contributed by atoms with Crippen LogP contribution in [0.25, 0.3) is 0 Å². The quantitative estimate of drug-likeness (QED) is 0.302. The van der Waals surface area contributed by atoms with E-state index in [0.717, 1.165) is 11.8 Å². The predicted molar refractivity (Wildman–Crippen MR) is 118 cm³/mol. The highest BCUT2D eigenvalue weighted by atomic mass is 35.5. The van der Waals surface area contributed by atoms with Crippen molar-refractivity contribution < 1.29 is 23.8 Å². The summed E-state index contributed by atoms with van der Waals surface area (Å²) in [7, 11) is 0. The predicted octanol–water partition coefficient (Wildman–Crippen LogP) is 5.07. The summed E-state index contributed by atoms with van der Waals surface area (Å²) in [6, 6.07) is 13.0. The molecule has 2 heterocycles. The van der Waals surface area contributed by atoms with Gasteiger partial charge in [-0.25, -0.2) is 9.78 Å². The molecule has 1 N–H and O–H groups in total. The number of carbonyl (C=O) groups is 2. The highest BCUT2D eigenvalue weighted by Crippen LogP contribution is 2.35. The Kier molecular flexibility index (Phi) is 6.50. The van der Waals surface area contributed by atoms with E-state index in [-0.39, 0.29) is 39.8 Å². The minimum atomic E-state index is -0.657. The molecule has 1 aromatic heterocycles. The van der Waals surface area contributed by atoms with Crippen LogP contribution in [0.15, 0.2) is 59.8 Å². The summed E-state index contributed by atoms with van der Waals surface area (Å²) in [5.74, 6) is 0.440. The Morgan fingerprint density at radius 3 is 2.81 bits per heavy atom. The van der Waals surface area contributed by atoms with Crippen molar-refractivity contribution in [2.75, 3.05) is 17.9 Å². The molecule has 0 aliphatic carbocycles. The lowest BCUT2D eigenvalue weighted by Crippen LogP contribution is -2.15. The van der Waals surface area contributed by atoms with Crippen LogP contribution in [0.1, 0.15) is 10.4 Å². The summed E-state index contributed by atoms with van der Waals surface area (Å²) in [6.45, 7) is 0.154. The number of hydrogen-bond acceptors (Lipinski definition) is 7. The number of amides is 1. The summed E-state index contributed by atoms with van der Waals surface area (Å²) in [4.78, 5) is 29.2. The standard InChI is InChI=1S/C21H14Cl2N2O5S/c22-14-4-1-5-16(19(14)23)30-21(27)13-3-2-8-24-20(13)31-10-18(26)25-12-6-7-15-17(9-12)29-11-28-15/h1-9H,10-11H2,(H,25,26). The Bertz CT molecular complexity index is 1160. The fourth-order valence-corrected chi connectivity index (χ4v) is 3.80. The van der Waals surface area contributed by atoms with Gasteiger partial charge in [0, 0.05) is 18.0 Å². The zero-order valence-corrected chi connectivity index (χ0v) is 18.1. The summed E-state index contributed by atoms with van der Waals surface area (Å²) in [5, 5.41) is 3.53. The first kappa shape index (κ1) is 21.3. The molecule has 2 aromatic carbocycles. The normalized spacial score (nSPS) is 11.8. The van der Waals surface area contributed by atoms with Gasteiger partial charge >= 0.3 is 5.97 Å². The Morgan fingerprint density at radius 2 is 1.94 bits per heavy atom. The van der Waals surface area contributed by atoms with Crippen LogP contribution in [0.3, 0.4) is 0 Å². The van der Waals surface area contributed by atoms with Crippen LogP contribution >= 0.6 is 35.0 Å². The first-order valence-electron chi connectivity index (χ1n) is 8.95. The zero-order valence-electron chi connectivity index (χ0n) is 15.8. The van der Waals surface area contributed by atoms with E-state index in [0.29, 0.717) is 22.2 Å². The highest BCUT2D eigenvalue weighted by molar-refractivity contribution is 8.00. The summed E-state index contributed by atoms with van der Waals surface area (Å²) in [5.41, 5.74) is 0.783. The number of anilines is 1. The number of carbonyl (C=O) groups excluding carboxylic acids is 2. The van der Waals surface area contributed by atoms with Gasteiger partial charge in [-0.05, 0) is 36.4 Å². The van der Waals surface area contributed by atoms with Gasteiger partial charge in [-0.3, -0.25) is 4.79 Å². The fraction of sp³-hybridized carbons (Fsp3) is 0.0952. The van der Waals surface area contributed by atoms with Gasteiger partial charge in [0.1, 0.15) is 10.0 Å². The summed E-state index contributed by atoms with van der Waals surface area (Å²) < 4.78 is 15.9. The number of aromatic nitrogens is 1. The molecule has 1 aliphatic rings. The average molecular weight is 477 g/mol. The lowest BCUT2D eigenvalue weighted by atomic mass is 10.3. The summed E-state index contributed by atoms with van der Waals surface area (Å²) >= 11 is 13.1. The molecule has 0 saturated carbocycles. The molecule has 1 amide bonds. The Balaban J connectivity index is 1.40. The van der Waals surface area contributed by atoms with E-state index in [1.807, 2.05) is 0 Å². The monoisotopic (exact) mass is 476 g/mol. The summed E-state index contributed by atoms with van der Waals surface area (Å²) in [6.07, 6.45) is 1.53. The largest absolute Gasteiger partial charge is 0.454 e. The number of rotatable bonds is 6. The second kappa shape index (κ2) is 9.47. The topological polar surface area (TPSA) is 86.8 Å². The van der Waals surface area contributed by atoms with Crippen LogP contribution in [-0.2, 0) is 4.79 Å². The van der Waals surface area contributed by atoms with Gasteiger partial charge in [0.25, 0.3) is 0 Å². The maximum absolute atomic E-state index is 12.6. The number of hydrogen-bond donors (Lipinski definition) is 1. The van der Waals surface area contributed by atoms with Crippen LogP contribution in [0.2, 0.25) is 10.0 Å². The molecular weight excluding hydrogens is 463 g/mol.